The second-order valence-corrected chi connectivity index (χ2v) is 14.8. The maximum Gasteiger partial charge on any atom is 0.277 e. The van der Waals surface area contributed by atoms with Crippen molar-refractivity contribution in [1.29, 1.82) is 0 Å². The first-order valence-electron chi connectivity index (χ1n) is 21.6. The predicted octanol–water partition coefficient (Wildman–Crippen LogP) is -9.16. The number of hydrogen-bond donors (Lipinski definition) is 0. The van der Waals surface area contributed by atoms with E-state index >= 15 is 0 Å². The minimum absolute atomic E-state index is 0. The predicted molar refractivity (Wildman–Crippen MR) is 238 cm³/mol. The van der Waals surface area contributed by atoms with Crippen molar-refractivity contribution in [3.63, 3.8) is 0 Å². The summed E-state index contributed by atoms with van der Waals surface area (Å²) in [5, 5.41) is 0. The molecule has 7 aromatic heterocycles. The number of aryl methyl sites for hydroxylation is 6. The van der Waals surface area contributed by atoms with Gasteiger partial charge in [0.05, 0.1) is 11.4 Å². The van der Waals surface area contributed by atoms with E-state index < -0.39 is 0 Å². The maximum absolute atomic E-state index is 4.19. The monoisotopic (exact) mass is 1270 g/mol. The number of aromatic nitrogens is 7. The zero-order chi connectivity index (χ0) is 41.2. The van der Waals surface area contributed by atoms with Gasteiger partial charge in [0.2, 0.25) is 5.69 Å². The first-order chi connectivity index (χ1) is 29.7. The zero-order valence-corrected chi connectivity index (χ0v) is 47.0. The van der Waals surface area contributed by atoms with Gasteiger partial charge in [-0.15, -0.1) is 0 Å². The number of rotatable bonds is 16. The van der Waals surface area contributed by atoms with Gasteiger partial charge >= 0.3 is 0 Å². The number of hydrogen-bond acceptors (Lipinski definition) is 2. The smallest absolute Gasteiger partial charge is 0.277 e. The Labute approximate surface area is 455 Å². The van der Waals surface area contributed by atoms with Crippen molar-refractivity contribution < 1.29 is 125 Å². The molecule has 0 aliphatic heterocycles. The lowest BCUT2D eigenvalue weighted by Crippen LogP contribution is -3.00. The van der Waals surface area contributed by atoms with Crippen LogP contribution in [0.4, 0.5) is 0 Å². The van der Waals surface area contributed by atoms with Crippen molar-refractivity contribution in [3.05, 3.63) is 201 Å². The molecule has 0 radical (unpaired) electrons. The molecule has 0 bridgehead atoms. The number of nitrogens with zero attached hydrogens (tertiary/aromatic N) is 7. The maximum atomic E-state index is 4.19. The molecule has 8 rings (SSSR count). The second-order valence-electron chi connectivity index (χ2n) is 14.8. The van der Waals surface area contributed by atoms with Crippen LogP contribution in [-0.4, -0.2) is 9.97 Å². The van der Waals surface area contributed by atoms with E-state index in [1.165, 1.54) is 39.6 Å². The van der Waals surface area contributed by atoms with Crippen molar-refractivity contribution in [1.82, 2.24) is 9.97 Å². The van der Waals surface area contributed by atoms with Gasteiger partial charge in [-0.05, 0) is 79.6 Å². The van der Waals surface area contributed by atoms with E-state index in [2.05, 4.69) is 193 Å². The highest BCUT2D eigenvalue weighted by Crippen LogP contribution is 2.21. The van der Waals surface area contributed by atoms with Crippen LogP contribution in [-0.2, 0) is 39.1 Å². The van der Waals surface area contributed by atoms with E-state index in [0.717, 1.165) is 76.2 Å². The van der Waals surface area contributed by atoms with E-state index in [9.17, 15) is 0 Å². The topological polar surface area (TPSA) is 45.2 Å². The van der Waals surface area contributed by atoms with Crippen LogP contribution in [0.25, 0.3) is 45.4 Å². The van der Waals surface area contributed by atoms with E-state index in [1.807, 2.05) is 36.4 Å². The van der Waals surface area contributed by atoms with E-state index in [-0.39, 0.29) is 102 Å². The molecular formula is C53H58Br6N7-. The molecule has 7 heterocycles. The molecule has 348 valence electrons. The van der Waals surface area contributed by atoms with Crippen molar-refractivity contribution in [2.75, 3.05) is 0 Å². The molecule has 7 nitrogen and oxygen atoms in total. The Morgan fingerprint density at radius 2 is 0.652 bits per heavy atom. The summed E-state index contributed by atoms with van der Waals surface area (Å²) in [5.41, 5.74) is 11.0. The molecule has 0 saturated heterocycles. The van der Waals surface area contributed by atoms with Crippen LogP contribution in [0, 0.1) is 0 Å². The van der Waals surface area contributed by atoms with Gasteiger partial charge in [0, 0.05) is 104 Å². The third kappa shape index (κ3) is 16.7. The Morgan fingerprint density at radius 3 is 1.02 bits per heavy atom. The van der Waals surface area contributed by atoms with Crippen LogP contribution in [0.1, 0.15) is 45.1 Å². The van der Waals surface area contributed by atoms with Gasteiger partial charge in [-0.2, -0.15) is 22.8 Å². The lowest BCUT2D eigenvalue weighted by Gasteiger charge is -2.08. The third-order valence-corrected chi connectivity index (χ3v) is 10.9. The molecule has 8 aromatic rings. The van der Waals surface area contributed by atoms with Crippen LogP contribution in [0.5, 0.6) is 0 Å². The Bertz CT molecular complexity index is 2390. The lowest BCUT2D eigenvalue weighted by molar-refractivity contribution is -0.721. The molecule has 0 amide bonds. The highest BCUT2D eigenvalue weighted by molar-refractivity contribution is 5.61. The molecular weight excluding hydrogens is 1210 g/mol. The molecule has 0 fully saturated rings. The minimum Gasteiger partial charge on any atom is -1.00 e. The fourth-order valence-electron chi connectivity index (χ4n) is 7.85. The summed E-state index contributed by atoms with van der Waals surface area (Å²) in [4.78, 5) is 8.37. The summed E-state index contributed by atoms with van der Waals surface area (Å²) in [6.07, 6.45) is 20.1. The first kappa shape index (κ1) is 60.2. The minimum atomic E-state index is 0. The van der Waals surface area contributed by atoms with E-state index in [0.29, 0.717) is 0 Å². The number of halogens is 6. The first-order valence-corrected chi connectivity index (χ1v) is 21.6. The van der Waals surface area contributed by atoms with Gasteiger partial charge in [0.15, 0.2) is 31.0 Å². The average molecular weight is 1270 g/mol. The lowest BCUT2D eigenvalue weighted by atomic mass is 10.0. The van der Waals surface area contributed by atoms with Gasteiger partial charge in [-0.3, -0.25) is 9.97 Å². The van der Waals surface area contributed by atoms with Crippen LogP contribution >= 0.6 is 0 Å². The molecule has 0 spiro atoms. The molecule has 1 aromatic carbocycles. The van der Waals surface area contributed by atoms with Crippen molar-refractivity contribution in [2.45, 2.75) is 78.7 Å². The third-order valence-electron chi connectivity index (χ3n) is 10.9. The summed E-state index contributed by atoms with van der Waals surface area (Å²) in [7, 11) is 0. The van der Waals surface area contributed by atoms with Crippen LogP contribution in [0.15, 0.2) is 195 Å². The van der Waals surface area contributed by atoms with Gasteiger partial charge in [0.1, 0.15) is 32.7 Å². The zero-order valence-electron chi connectivity index (χ0n) is 37.4. The van der Waals surface area contributed by atoms with Crippen molar-refractivity contribution in [3.8, 4) is 45.4 Å². The Balaban J connectivity index is 0.00000105. The summed E-state index contributed by atoms with van der Waals surface area (Å²) in [6, 6.07) is 53.2. The molecule has 0 saturated carbocycles. The molecule has 0 N–H and O–H groups in total. The molecule has 0 atom stereocenters. The summed E-state index contributed by atoms with van der Waals surface area (Å²) in [5.74, 6) is 0. The van der Waals surface area contributed by atoms with Gasteiger partial charge < -0.3 is 102 Å². The van der Waals surface area contributed by atoms with Gasteiger partial charge in [0.25, 0.3) is 22.8 Å². The Hall–Kier alpha value is -3.85. The van der Waals surface area contributed by atoms with Gasteiger partial charge in [-0.25, -0.2) is 0 Å². The molecule has 0 aliphatic carbocycles. The Kier molecular flexibility index (Phi) is 29.9. The van der Waals surface area contributed by atoms with Crippen LogP contribution in [0.2, 0.25) is 0 Å². The average Bonchev–Trinajstić information content (AvgIpc) is 3.33. The van der Waals surface area contributed by atoms with Crippen molar-refractivity contribution in [2.24, 2.45) is 0 Å². The van der Waals surface area contributed by atoms with E-state index in [4.69, 9.17) is 0 Å². The normalized spacial score (nSPS) is 9.85. The highest BCUT2D eigenvalue weighted by Gasteiger charge is 2.24. The van der Waals surface area contributed by atoms with Crippen LogP contribution in [0.3, 0.4) is 0 Å². The van der Waals surface area contributed by atoms with E-state index in [1.54, 1.807) is 12.4 Å². The van der Waals surface area contributed by atoms with Crippen molar-refractivity contribution >= 4 is 0 Å². The number of benzene rings is 1. The summed E-state index contributed by atoms with van der Waals surface area (Å²) < 4.78 is 12.0. The second kappa shape index (κ2) is 32.8. The fourth-order valence-corrected chi connectivity index (χ4v) is 7.85. The molecule has 66 heavy (non-hydrogen) atoms. The summed E-state index contributed by atoms with van der Waals surface area (Å²) in [6.45, 7) is 9.38. The fraction of sp³-hybridized carbons (Fsp3) is 0.226. The SMILES string of the molecule is CCc1ccccc1-c1cccc[n+]1CCCC[n+]1ccccc1-c1cccc[n+]1CCCC[n+]1ccccc1-c1cccc[n+]1CC.[Br-].[Br-].[Br-].[Br-].[Br-].[Br-].c1ccc(-c2ccccn2)nc1. The standard InChI is InChI=1S/C43H50N5.C10H8N2.6BrH/c1-3-37-21-5-6-22-38(37)39-23-7-13-29-45(39)33-17-18-35-47-31-15-10-26-42(47)43-27-11-16-32-48(43)36-20-19-34-46-30-14-9-25-41(46)40-24-8-12-28-44(40)4-2;1-3-7-11-9(5-1)10-6-2-4-8-12-10;;;;;;/h5-16,21-32H,3-4,17-20,33-36H2,1-2H3;1-8H;6*1H/q+5;;;;;;;/p-6. The molecule has 13 heteroatoms. The molecule has 0 aliphatic rings. The van der Waals surface area contributed by atoms with Gasteiger partial charge in [-0.1, -0.05) is 37.3 Å². The summed E-state index contributed by atoms with van der Waals surface area (Å²) >= 11 is 0. The molecule has 0 unspecified atom stereocenters. The number of pyridine rings is 7. The Morgan fingerprint density at radius 1 is 0.333 bits per heavy atom. The largest absolute Gasteiger partial charge is 1.00 e. The number of unbranched alkanes of at least 4 members (excludes halogenated alkanes) is 2. The van der Waals surface area contributed by atoms with Crippen LogP contribution < -0.4 is 125 Å². The highest BCUT2D eigenvalue weighted by atomic mass is 79.9. The quantitative estimate of drug-likeness (QED) is 0.0715.